The Kier molecular flexibility index (Phi) is 12.0. The van der Waals surface area contributed by atoms with Gasteiger partial charge in [-0.2, -0.15) is 10.2 Å². The minimum absolute atomic E-state index is 0.325. The molecule has 126 valence electrons. The van der Waals surface area contributed by atoms with Gasteiger partial charge in [0.15, 0.2) is 0 Å². The molecule has 0 aliphatic heterocycles. The van der Waals surface area contributed by atoms with Crippen LogP contribution in [0, 0.1) is 11.8 Å². The van der Waals surface area contributed by atoms with Crippen LogP contribution in [0.15, 0.2) is 10.2 Å². The highest BCUT2D eigenvalue weighted by Crippen LogP contribution is 2.07. The van der Waals surface area contributed by atoms with Crippen molar-refractivity contribution in [3.8, 4) is 0 Å². The van der Waals surface area contributed by atoms with Crippen molar-refractivity contribution in [1.29, 1.82) is 0 Å². The highest BCUT2D eigenvalue weighted by atomic mass is 16.2. The monoisotopic (exact) mass is 310 g/mol. The molecular weight excluding hydrogens is 280 g/mol. The van der Waals surface area contributed by atoms with Crippen LogP contribution < -0.4 is 10.9 Å². The topological polar surface area (TPSA) is 82.9 Å². The first-order valence-corrected chi connectivity index (χ1v) is 8.25. The molecule has 0 heterocycles. The third-order valence-corrected chi connectivity index (χ3v) is 3.48. The van der Waals surface area contributed by atoms with Gasteiger partial charge >= 0.3 is 11.8 Å². The summed E-state index contributed by atoms with van der Waals surface area (Å²) in [6, 6.07) is 0. The molecule has 0 unspecified atom stereocenters. The highest BCUT2D eigenvalue weighted by molar-refractivity contribution is 6.35. The van der Waals surface area contributed by atoms with E-state index in [0.29, 0.717) is 11.8 Å². The van der Waals surface area contributed by atoms with Crippen molar-refractivity contribution < 1.29 is 9.59 Å². The van der Waals surface area contributed by atoms with E-state index < -0.39 is 11.8 Å². The van der Waals surface area contributed by atoms with Crippen molar-refractivity contribution in [2.75, 3.05) is 0 Å². The Hall–Kier alpha value is -1.72. The van der Waals surface area contributed by atoms with Crippen molar-refractivity contribution in [3.63, 3.8) is 0 Å². The second-order valence-corrected chi connectivity index (χ2v) is 5.35. The van der Waals surface area contributed by atoms with Gasteiger partial charge < -0.3 is 0 Å². The molecule has 0 aromatic rings. The number of carbonyl (C=O) groups excluding carboxylic acids is 2. The lowest BCUT2D eigenvalue weighted by Crippen LogP contribution is -2.35. The molecule has 0 saturated carbocycles. The van der Waals surface area contributed by atoms with E-state index in [1.165, 1.54) is 0 Å². The average molecular weight is 310 g/mol. The fraction of sp³-hybridized carbons (Fsp3) is 0.750. The molecule has 0 bridgehead atoms. The Bertz CT molecular complexity index is 344. The second-order valence-electron chi connectivity index (χ2n) is 5.35. The van der Waals surface area contributed by atoms with Crippen LogP contribution in [-0.2, 0) is 9.59 Å². The highest BCUT2D eigenvalue weighted by Gasteiger charge is 2.11. The van der Waals surface area contributed by atoms with Crippen LogP contribution in [0.5, 0.6) is 0 Å². The van der Waals surface area contributed by atoms with Crippen LogP contribution >= 0.6 is 0 Å². The molecular formula is C16H30N4O2. The number of amides is 2. The summed E-state index contributed by atoms with van der Waals surface area (Å²) in [4.78, 5) is 23.1. The summed E-state index contributed by atoms with van der Waals surface area (Å²) in [5.41, 5.74) is 4.45. The van der Waals surface area contributed by atoms with Gasteiger partial charge in [-0.15, -0.1) is 0 Å². The van der Waals surface area contributed by atoms with Gasteiger partial charge in [0.25, 0.3) is 0 Å². The lowest BCUT2D eigenvalue weighted by molar-refractivity contribution is -0.139. The van der Waals surface area contributed by atoms with E-state index in [4.69, 9.17) is 0 Å². The number of nitrogens with zero attached hydrogens (tertiary/aromatic N) is 2. The van der Waals surface area contributed by atoms with Crippen molar-refractivity contribution >= 4 is 24.2 Å². The summed E-state index contributed by atoms with van der Waals surface area (Å²) in [5, 5.41) is 7.67. The Morgan fingerprint density at radius 1 is 0.818 bits per heavy atom. The molecule has 0 aliphatic rings. The maximum Gasteiger partial charge on any atom is 0.331 e. The van der Waals surface area contributed by atoms with Crippen LogP contribution in [0.4, 0.5) is 0 Å². The van der Waals surface area contributed by atoms with Crippen molar-refractivity contribution in [2.24, 2.45) is 22.0 Å². The minimum atomic E-state index is -0.803. The first kappa shape index (κ1) is 20.3. The van der Waals surface area contributed by atoms with Crippen LogP contribution in [0.3, 0.4) is 0 Å². The molecule has 0 aromatic carbocycles. The van der Waals surface area contributed by atoms with E-state index in [-0.39, 0.29) is 0 Å². The van der Waals surface area contributed by atoms with E-state index in [0.717, 1.165) is 38.5 Å². The summed E-state index contributed by atoms with van der Waals surface area (Å²) < 4.78 is 0. The van der Waals surface area contributed by atoms with Gasteiger partial charge in [-0.05, 0) is 37.5 Å². The maximum absolute atomic E-state index is 11.5. The SMILES string of the molecule is CCC[C@H](/C=N/NC(=O)C(=O)N/N=C/[C@@H](CC)CCC)CC. The average Bonchev–Trinajstić information content (AvgIpc) is 2.52. The summed E-state index contributed by atoms with van der Waals surface area (Å²) in [7, 11) is 0. The Labute approximate surface area is 133 Å². The fourth-order valence-electron chi connectivity index (χ4n) is 2.01. The van der Waals surface area contributed by atoms with Crippen molar-refractivity contribution in [2.45, 2.75) is 66.2 Å². The summed E-state index contributed by atoms with van der Waals surface area (Å²) >= 11 is 0. The van der Waals surface area contributed by atoms with Gasteiger partial charge in [0.1, 0.15) is 0 Å². The molecule has 0 saturated heterocycles. The Morgan fingerprint density at radius 2 is 1.18 bits per heavy atom. The lowest BCUT2D eigenvalue weighted by Gasteiger charge is -2.07. The van der Waals surface area contributed by atoms with Gasteiger partial charge in [-0.3, -0.25) is 9.59 Å². The van der Waals surface area contributed by atoms with Gasteiger partial charge in [0.05, 0.1) is 0 Å². The van der Waals surface area contributed by atoms with E-state index in [1.807, 2.05) is 0 Å². The predicted molar refractivity (Wildman–Crippen MR) is 90.6 cm³/mol. The molecule has 0 aromatic heterocycles. The quantitative estimate of drug-likeness (QED) is 0.369. The van der Waals surface area contributed by atoms with Gasteiger partial charge in [0, 0.05) is 12.4 Å². The van der Waals surface area contributed by atoms with Gasteiger partial charge in [-0.25, -0.2) is 10.9 Å². The minimum Gasteiger partial charge on any atom is -0.262 e. The van der Waals surface area contributed by atoms with Crippen LogP contribution in [-0.4, -0.2) is 24.2 Å². The summed E-state index contributed by atoms with van der Waals surface area (Å²) in [6.45, 7) is 8.33. The number of hydrazone groups is 2. The van der Waals surface area contributed by atoms with E-state index in [1.54, 1.807) is 12.4 Å². The van der Waals surface area contributed by atoms with Crippen molar-refractivity contribution in [3.05, 3.63) is 0 Å². The zero-order valence-electron chi connectivity index (χ0n) is 14.3. The first-order valence-electron chi connectivity index (χ1n) is 8.25. The van der Waals surface area contributed by atoms with Crippen LogP contribution in [0.25, 0.3) is 0 Å². The normalized spacial score (nSPS) is 14.2. The summed E-state index contributed by atoms with van der Waals surface area (Å²) in [5.74, 6) is -0.956. The first-order chi connectivity index (χ1) is 10.6. The number of rotatable bonds is 10. The molecule has 0 fully saturated rings. The molecule has 6 nitrogen and oxygen atoms in total. The third kappa shape index (κ3) is 9.26. The van der Waals surface area contributed by atoms with E-state index in [2.05, 4.69) is 48.7 Å². The number of carbonyl (C=O) groups is 2. The number of hydrogen-bond donors (Lipinski definition) is 2. The van der Waals surface area contributed by atoms with Crippen molar-refractivity contribution in [1.82, 2.24) is 10.9 Å². The predicted octanol–water partition coefficient (Wildman–Crippen LogP) is 2.84. The number of hydrogen-bond acceptors (Lipinski definition) is 4. The largest absolute Gasteiger partial charge is 0.331 e. The van der Waals surface area contributed by atoms with Crippen LogP contribution in [0.2, 0.25) is 0 Å². The zero-order chi connectivity index (χ0) is 16.8. The van der Waals surface area contributed by atoms with Gasteiger partial charge in [0.2, 0.25) is 0 Å². The van der Waals surface area contributed by atoms with E-state index in [9.17, 15) is 9.59 Å². The molecule has 0 spiro atoms. The third-order valence-electron chi connectivity index (χ3n) is 3.48. The molecule has 0 rings (SSSR count). The van der Waals surface area contributed by atoms with E-state index >= 15 is 0 Å². The maximum atomic E-state index is 11.5. The zero-order valence-corrected chi connectivity index (χ0v) is 14.3. The standard InChI is InChI=1S/C16H30N4O2/c1-5-9-13(7-3)11-17-19-15(21)16(22)20-18-12-14(8-4)10-6-2/h11-14H,5-10H2,1-4H3,(H,19,21)(H,20,22)/b17-11+,18-12+/t13-,14+. The molecule has 22 heavy (non-hydrogen) atoms. The van der Waals surface area contributed by atoms with Gasteiger partial charge in [-0.1, -0.05) is 40.5 Å². The molecule has 6 heteroatoms. The molecule has 2 amide bonds. The molecule has 0 aliphatic carbocycles. The summed E-state index contributed by atoms with van der Waals surface area (Å²) in [6.07, 6.45) is 9.44. The molecule has 2 N–H and O–H groups in total. The number of nitrogens with one attached hydrogen (secondary N) is 2. The Morgan fingerprint density at radius 3 is 1.45 bits per heavy atom. The Balaban J connectivity index is 4.19. The second kappa shape index (κ2) is 13.0. The smallest absolute Gasteiger partial charge is 0.262 e. The fourth-order valence-corrected chi connectivity index (χ4v) is 2.01. The van der Waals surface area contributed by atoms with Crippen LogP contribution in [0.1, 0.15) is 66.2 Å². The lowest BCUT2D eigenvalue weighted by atomic mass is 10.0. The molecule has 0 radical (unpaired) electrons. The molecule has 2 atom stereocenters.